The topological polar surface area (TPSA) is 67.5 Å². The van der Waals surface area contributed by atoms with Crippen LogP contribution < -0.4 is 10.2 Å². The average Bonchev–Trinajstić information content (AvgIpc) is 2.93. The van der Waals surface area contributed by atoms with E-state index < -0.39 is 12.9 Å². The molecule has 112 valence electrons. The van der Waals surface area contributed by atoms with Gasteiger partial charge in [-0.15, -0.1) is 0 Å². The lowest BCUT2D eigenvalue weighted by atomic mass is 9.79. The Morgan fingerprint density at radius 1 is 1.38 bits per heavy atom. The first-order valence-electron chi connectivity index (χ1n) is 6.83. The average molecular weight is 292 g/mol. The third kappa shape index (κ3) is 3.83. The molecular weight excluding hydrogens is 274 g/mol. The maximum absolute atomic E-state index is 13.1. The quantitative estimate of drug-likeness (QED) is 0.786. The number of aromatic nitrogens is 2. The Kier molecular flexibility index (Phi) is 4.98. The largest absolute Gasteiger partial charge is 0.492 e. The number of hydrogen-bond donors (Lipinski definition) is 2. The molecule has 0 amide bonds. The van der Waals surface area contributed by atoms with Gasteiger partial charge in [0.15, 0.2) is 0 Å². The molecule has 0 spiro atoms. The highest BCUT2D eigenvalue weighted by Gasteiger charge is 2.18. The van der Waals surface area contributed by atoms with Crippen LogP contribution in [0.5, 0.6) is 5.75 Å². The van der Waals surface area contributed by atoms with Crippen LogP contribution in [0, 0.1) is 5.82 Å². The summed E-state index contributed by atoms with van der Waals surface area (Å²) in [5, 5.41) is 22.8. The zero-order chi connectivity index (χ0) is 15.4. The number of ether oxygens (including phenoxy) is 1. The molecule has 0 aliphatic carbocycles. The predicted octanol–water partition coefficient (Wildman–Crippen LogP) is 1.25. The SMILES string of the molecule is CCC(C)n1ccc(COc2ccc(F)cc2B(O)O)n1. The third-order valence-electron chi connectivity index (χ3n) is 3.33. The Hall–Kier alpha value is -1.86. The van der Waals surface area contributed by atoms with Gasteiger partial charge in [-0.1, -0.05) is 6.92 Å². The fourth-order valence-corrected chi connectivity index (χ4v) is 1.89. The Balaban J connectivity index is 2.08. The Labute approximate surface area is 123 Å². The van der Waals surface area contributed by atoms with Crippen LogP contribution in [0.1, 0.15) is 32.0 Å². The molecule has 2 N–H and O–H groups in total. The van der Waals surface area contributed by atoms with Crippen molar-refractivity contribution in [2.45, 2.75) is 32.9 Å². The van der Waals surface area contributed by atoms with Gasteiger partial charge in [-0.3, -0.25) is 4.68 Å². The second kappa shape index (κ2) is 6.73. The van der Waals surface area contributed by atoms with Gasteiger partial charge in [0.2, 0.25) is 0 Å². The maximum Gasteiger partial charge on any atom is 0.492 e. The van der Waals surface area contributed by atoms with E-state index in [9.17, 15) is 14.4 Å². The van der Waals surface area contributed by atoms with Gasteiger partial charge >= 0.3 is 7.12 Å². The second-order valence-electron chi connectivity index (χ2n) is 4.89. The van der Waals surface area contributed by atoms with E-state index in [1.165, 1.54) is 12.1 Å². The van der Waals surface area contributed by atoms with Crippen molar-refractivity contribution < 1.29 is 19.2 Å². The van der Waals surface area contributed by atoms with Crippen molar-refractivity contribution in [3.63, 3.8) is 0 Å². The number of benzene rings is 1. The predicted molar refractivity (Wildman–Crippen MR) is 77.8 cm³/mol. The molecule has 2 rings (SSSR count). The van der Waals surface area contributed by atoms with E-state index in [4.69, 9.17) is 4.74 Å². The van der Waals surface area contributed by atoms with E-state index >= 15 is 0 Å². The van der Waals surface area contributed by atoms with Gasteiger partial charge in [0.05, 0.1) is 5.69 Å². The molecular formula is C14H18BFN2O3. The molecule has 0 fully saturated rings. The number of halogens is 1. The molecule has 0 saturated heterocycles. The molecule has 1 aromatic heterocycles. The van der Waals surface area contributed by atoms with Gasteiger partial charge in [-0.25, -0.2) is 4.39 Å². The minimum Gasteiger partial charge on any atom is -0.488 e. The van der Waals surface area contributed by atoms with E-state index in [-0.39, 0.29) is 17.8 Å². The zero-order valence-electron chi connectivity index (χ0n) is 12.0. The first kappa shape index (κ1) is 15.5. The smallest absolute Gasteiger partial charge is 0.488 e. The van der Waals surface area contributed by atoms with Crippen molar-refractivity contribution in [1.29, 1.82) is 0 Å². The van der Waals surface area contributed by atoms with E-state index in [1.807, 2.05) is 16.9 Å². The van der Waals surface area contributed by atoms with Gasteiger partial charge in [-0.2, -0.15) is 5.10 Å². The summed E-state index contributed by atoms with van der Waals surface area (Å²) in [4.78, 5) is 0. The lowest BCUT2D eigenvalue weighted by Crippen LogP contribution is -2.31. The molecule has 0 radical (unpaired) electrons. The van der Waals surface area contributed by atoms with Crippen LogP contribution in [0.25, 0.3) is 0 Å². The van der Waals surface area contributed by atoms with Crippen LogP contribution in [0.4, 0.5) is 4.39 Å². The molecule has 1 heterocycles. The van der Waals surface area contributed by atoms with Crippen LogP contribution in [-0.2, 0) is 6.61 Å². The second-order valence-corrected chi connectivity index (χ2v) is 4.89. The minimum absolute atomic E-state index is 0.00337. The van der Waals surface area contributed by atoms with E-state index in [0.717, 1.165) is 18.2 Å². The van der Waals surface area contributed by atoms with Gasteiger partial charge < -0.3 is 14.8 Å². The first-order chi connectivity index (χ1) is 10.0. The molecule has 0 aliphatic rings. The molecule has 0 bridgehead atoms. The summed E-state index contributed by atoms with van der Waals surface area (Å²) in [7, 11) is -1.78. The first-order valence-corrected chi connectivity index (χ1v) is 6.83. The van der Waals surface area contributed by atoms with Gasteiger partial charge in [0.1, 0.15) is 18.2 Å². The lowest BCUT2D eigenvalue weighted by molar-refractivity contribution is 0.298. The van der Waals surface area contributed by atoms with Crippen molar-refractivity contribution in [1.82, 2.24) is 9.78 Å². The maximum atomic E-state index is 13.1. The number of nitrogens with zero attached hydrogens (tertiary/aromatic N) is 2. The molecule has 2 aromatic rings. The summed E-state index contributed by atoms with van der Waals surface area (Å²) in [6.07, 6.45) is 2.85. The van der Waals surface area contributed by atoms with Crippen LogP contribution >= 0.6 is 0 Å². The third-order valence-corrected chi connectivity index (χ3v) is 3.33. The summed E-state index contributed by atoms with van der Waals surface area (Å²) in [5.41, 5.74) is 0.717. The molecule has 1 atom stereocenters. The van der Waals surface area contributed by atoms with Gasteiger partial charge in [0, 0.05) is 17.7 Å². The van der Waals surface area contributed by atoms with Crippen molar-refractivity contribution >= 4 is 12.6 Å². The highest BCUT2D eigenvalue weighted by Crippen LogP contribution is 2.13. The van der Waals surface area contributed by atoms with E-state index in [1.54, 1.807) is 0 Å². The molecule has 0 saturated carbocycles. The van der Waals surface area contributed by atoms with Gasteiger partial charge in [-0.05, 0) is 37.6 Å². The van der Waals surface area contributed by atoms with E-state index in [0.29, 0.717) is 6.04 Å². The van der Waals surface area contributed by atoms with Crippen LogP contribution in [0.15, 0.2) is 30.5 Å². The molecule has 7 heteroatoms. The monoisotopic (exact) mass is 292 g/mol. The fourth-order valence-electron chi connectivity index (χ4n) is 1.89. The molecule has 1 unspecified atom stereocenters. The minimum atomic E-state index is -1.78. The summed E-state index contributed by atoms with van der Waals surface area (Å²) in [6, 6.07) is 5.76. The van der Waals surface area contributed by atoms with Crippen LogP contribution in [0.3, 0.4) is 0 Å². The summed E-state index contributed by atoms with van der Waals surface area (Å²) in [5.74, 6) is -0.323. The Morgan fingerprint density at radius 2 is 2.14 bits per heavy atom. The molecule has 21 heavy (non-hydrogen) atoms. The van der Waals surface area contributed by atoms with Crippen LogP contribution in [-0.4, -0.2) is 26.9 Å². The normalized spacial score (nSPS) is 12.2. The highest BCUT2D eigenvalue weighted by molar-refractivity contribution is 6.59. The molecule has 5 nitrogen and oxygen atoms in total. The zero-order valence-corrected chi connectivity index (χ0v) is 12.0. The summed E-state index contributed by atoms with van der Waals surface area (Å²) < 4.78 is 20.5. The number of hydrogen-bond acceptors (Lipinski definition) is 4. The molecule has 0 aliphatic heterocycles. The Morgan fingerprint density at radius 3 is 2.81 bits per heavy atom. The molecule has 1 aromatic carbocycles. The van der Waals surface area contributed by atoms with Crippen molar-refractivity contribution in [3.8, 4) is 5.75 Å². The lowest BCUT2D eigenvalue weighted by Gasteiger charge is -2.11. The number of rotatable bonds is 6. The highest BCUT2D eigenvalue weighted by atomic mass is 19.1. The Bertz CT molecular complexity index is 604. The van der Waals surface area contributed by atoms with E-state index in [2.05, 4.69) is 18.9 Å². The standard InChI is InChI=1S/C14H18BFN2O3/c1-3-10(2)18-7-6-12(17-18)9-21-14-5-4-11(16)8-13(14)15(19)20/h4-8,10,19-20H,3,9H2,1-2H3. The van der Waals surface area contributed by atoms with Crippen molar-refractivity contribution in [2.24, 2.45) is 0 Å². The van der Waals surface area contributed by atoms with Crippen molar-refractivity contribution in [3.05, 3.63) is 42.0 Å². The fraction of sp³-hybridized carbons (Fsp3) is 0.357. The summed E-state index contributed by atoms with van der Waals surface area (Å²) >= 11 is 0. The van der Waals surface area contributed by atoms with Crippen LogP contribution in [0.2, 0.25) is 0 Å². The summed E-state index contributed by atoms with van der Waals surface area (Å²) in [6.45, 7) is 4.32. The van der Waals surface area contributed by atoms with Crippen molar-refractivity contribution in [2.75, 3.05) is 0 Å². The van der Waals surface area contributed by atoms with Gasteiger partial charge in [0.25, 0.3) is 0 Å².